The number of methoxy groups -OCH3 is 1. The third-order valence-electron chi connectivity index (χ3n) is 4.44. The number of aryl methyl sites for hydroxylation is 1. The lowest BCUT2D eigenvalue weighted by Crippen LogP contribution is -2.35. The van der Waals surface area contributed by atoms with E-state index in [9.17, 15) is 14.9 Å². The average molecular weight is 399 g/mol. The zero-order valence-corrected chi connectivity index (χ0v) is 17.0. The predicted octanol–water partition coefficient (Wildman–Crippen LogP) is 2.50. The van der Waals surface area contributed by atoms with Gasteiger partial charge in [0.05, 0.1) is 19.4 Å². The summed E-state index contributed by atoms with van der Waals surface area (Å²) in [4.78, 5) is 24.5. The van der Waals surface area contributed by atoms with E-state index in [1.807, 2.05) is 30.6 Å². The zero-order valence-electron chi connectivity index (χ0n) is 17.0. The number of aromatic nitrogens is 1. The van der Waals surface area contributed by atoms with Gasteiger partial charge in [0.25, 0.3) is 5.91 Å². The Morgan fingerprint density at radius 1 is 1.41 bits per heavy atom. The van der Waals surface area contributed by atoms with Gasteiger partial charge in [-0.15, -0.1) is 0 Å². The molecule has 1 atom stereocenters. The van der Waals surface area contributed by atoms with Crippen molar-refractivity contribution in [2.75, 3.05) is 13.7 Å². The van der Waals surface area contributed by atoms with Crippen molar-refractivity contribution in [1.29, 1.82) is 5.26 Å². The van der Waals surface area contributed by atoms with Crippen molar-refractivity contribution in [1.82, 2.24) is 9.88 Å². The summed E-state index contributed by atoms with van der Waals surface area (Å²) >= 11 is 0. The third-order valence-corrected chi connectivity index (χ3v) is 4.44. The van der Waals surface area contributed by atoms with Crippen LogP contribution >= 0.6 is 0 Å². The van der Waals surface area contributed by atoms with E-state index < -0.39 is 18.0 Å². The van der Waals surface area contributed by atoms with E-state index in [0.717, 1.165) is 17.0 Å². The van der Waals surface area contributed by atoms with Crippen LogP contribution in [-0.2, 0) is 32.2 Å². The SMILES string of the molecule is COCCn1c(C)cc(/C=C(\C#N)C(=O)O[C@@H](C)C(=O)NCc2ccco2)c1C. The molecule has 0 spiro atoms. The number of furan rings is 1. The monoisotopic (exact) mass is 399 g/mol. The highest BCUT2D eigenvalue weighted by molar-refractivity contribution is 5.99. The van der Waals surface area contributed by atoms with Gasteiger partial charge in [0.1, 0.15) is 17.4 Å². The molecule has 0 unspecified atom stereocenters. The van der Waals surface area contributed by atoms with Crippen molar-refractivity contribution in [2.24, 2.45) is 0 Å². The van der Waals surface area contributed by atoms with Crippen LogP contribution < -0.4 is 5.32 Å². The van der Waals surface area contributed by atoms with Crippen LogP contribution in [0, 0.1) is 25.2 Å². The smallest absolute Gasteiger partial charge is 0.349 e. The van der Waals surface area contributed by atoms with Crippen LogP contribution in [0.4, 0.5) is 0 Å². The molecule has 0 aliphatic carbocycles. The standard InChI is InChI=1S/C21H25N3O5/c1-14-10-17(15(2)24(14)7-9-27-4)11-18(12-22)21(26)29-16(3)20(25)23-13-19-6-5-8-28-19/h5-6,8,10-11,16H,7,9,13H2,1-4H3,(H,23,25)/b18-11+/t16-/m0/s1. The van der Waals surface area contributed by atoms with Gasteiger partial charge in [0.2, 0.25) is 0 Å². The van der Waals surface area contributed by atoms with Crippen molar-refractivity contribution < 1.29 is 23.5 Å². The maximum atomic E-state index is 12.4. The quantitative estimate of drug-likeness (QED) is 0.394. The molecular weight excluding hydrogens is 374 g/mol. The number of hydrogen-bond acceptors (Lipinski definition) is 6. The number of rotatable bonds is 9. The van der Waals surface area contributed by atoms with Crippen molar-refractivity contribution in [3.8, 4) is 6.07 Å². The molecule has 0 saturated carbocycles. The summed E-state index contributed by atoms with van der Waals surface area (Å²) in [5.74, 6) is -0.752. The lowest BCUT2D eigenvalue weighted by molar-refractivity contribution is -0.150. The minimum absolute atomic E-state index is 0.178. The van der Waals surface area contributed by atoms with E-state index in [0.29, 0.717) is 18.9 Å². The summed E-state index contributed by atoms with van der Waals surface area (Å²) < 4.78 is 17.4. The summed E-state index contributed by atoms with van der Waals surface area (Å²) in [7, 11) is 1.63. The second-order valence-electron chi connectivity index (χ2n) is 6.49. The molecule has 1 N–H and O–H groups in total. The fraction of sp³-hybridized carbons (Fsp3) is 0.381. The third kappa shape index (κ3) is 5.83. The van der Waals surface area contributed by atoms with E-state index in [2.05, 4.69) is 5.32 Å². The van der Waals surface area contributed by atoms with Crippen molar-refractivity contribution in [3.63, 3.8) is 0 Å². The van der Waals surface area contributed by atoms with Crippen LogP contribution in [0.25, 0.3) is 6.08 Å². The number of hydrogen-bond donors (Lipinski definition) is 1. The molecule has 2 aromatic heterocycles. The van der Waals surface area contributed by atoms with Gasteiger partial charge in [-0.2, -0.15) is 5.26 Å². The number of nitriles is 1. The molecule has 0 radical (unpaired) electrons. The topological polar surface area (TPSA) is 106 Å². The van der Waals surface area contributed by atoms with Gasteiger partial charge in [-0.1, -0.05) is 0 Å². The second kappa shape index (κ2) is 10.3. The highest BCUT2D eigenvalue weighted by atomic mass is 16.5. The Hall–Kier alpha value is -3.31. The van der Waals surface area contributed by atoms with Gasteiger partial charge >= 0.3 is 5.97 Å². The van der Waals surface area contributed by atoms with Gasteiger partial charge in [-0.05, 0) is 50.6 Å². The molecule has 0 saturated heterocycles. The number of esters is 1. The molecule has 2 aromatic rings. The Balaban J connectivity index is 2.04. The molecule has 8 nitrogen and oxygen atoms in total. The van der Waals surface area contributed by atoms with E-state index >= 15 is 0 Å². The van der Waals surface area contributed by atoms with E-state index in [-0.39, 0.29) is 12.1 Å². The molecule has 0 aliphatic heterocycles. The van der Waals surface area contributed by atoms with Gasteiger partial charge < -0.3 is 23.8 Å². The Morgan fingerprint density at radius 3 is 2.79 bits per heavy atom. The molecule has 0 aliphatic rings. The van der Waals surface area contributed by atoms with Gasteiger partial charge in [0, 0.05) is 25.0 Å². The number of ether oxygens (including phenoxy) is 2. The summed E-state index contributed by atoms with van der Waals surface area (Å²) in [5.41, 5.74) is 2.45. The minimum Gasteiger partial charge on any atom is -0.467 e. The van der Waals surface area contributed by atoms with Crippen LogP contribution in [0.1, 0.15) is 29.6 Å². The summed E-state index contributed by atoms with van der Waals surface area (Å²) in [5, 5.41) is 12.0. The normalized spacial score (nSPS) is 12.3. The maximum absolute atomic E-state index is 12.4. The first-order chi connectivity index (χ1) is 13.9. The van der Waals surface area contributed by atoms with Gasteiger partial charge in [-0.25, -0.2) is 4.79 Å². The summed E-state index contributed by atoms with van der Waals surface area (Å²) in [6, 6.07) is 7.17. The maximum Gasteiger partial charge on any atom is 0.349 e. The van der Waals surface area contributed by atoms with Crippen molar-refractivity contribution >= 4 is 18.0 Å². The molecule has 2 heterocycles. The molecule has 1 amide bonds. The number of nitrogens with zero attached hydrogens (tertiary/aromatic N) is 2. The van der Waals surface area contributed by atoms with Crippen LogP contribution in [-0.4, -0.2) is 36.3 Å². The molecule has 29 heavy (non-hydrogen) atoms. The molecule has 0 bridgehead atoms. The van der Waals surface area contributed by atoms with Gasteiger partial charge in [-0.3, -0.25) is 4.79 Å². The Kier molecular flexibility index (Phi) is 7.80. The first-order valence-electron chi connectivity index (χ1n) is 9.16. The zero-order chi connectivity index (χ0) is 21.4. The first kappa shape index (κ1) is 22.0. The number of carbonyl (C=O) groups is 2. The first-order valence-corrected chi connectivity index (χ1v) is 9.16. The number of amides is 1. The molecule has 2 rings (SSSR count). The van der Waals surface area contributed by atoms with E-state index in [4.69, 9.17) is 13.9 Å². The van der Waals surface area contributed by atoms with Crippen LogP contribution in [0.15, 0.2) is 34.5 Å². The highest BCUT2D eigenvalue weighted by Crippen LogP contribution is 2.19. The fourth-order valence-electron chi connectivity index (χ4n) is 2.80. The minimum atomic E-state index is -1.05. The van der Waals surface area contributed by atoms with Crippen molar-refractivity contribution in [2.45, 2.75) is 40.0 Å². The van der Waals surface area contributed by atoms with Crippen LogP contribution in [0.3, 0.4) is 0 Å². The lowest BCUT2D eigenvalue weighted by Gasteiger charge is -2.12. The lowest BCUT2D eigenvalue weighted by atomic mass is 10.1. The molecule has 0 fully saturated rings. The average Bonchev–Trinajstić information content (AvgIpc) is 3.30. The molecule has 0 aromatic carbocycles. The van der Waals surface area contributed by atoms with E-state index in [1.165, 1.54) is 19.3 Å². The summed E-state index contributed by atoms with van der Waals surface area (Å²) in [6.45, 7) is 6.69. The largest absolute Gasteiger partial charge is 0.467 e. The van der Waals surface area contributed by atoms with Crippen molar-refractivity contribution in [3.05, 3.63) is 52.7 Å². The number of nitrogens with one attached hydrogen (secondary N) is 1. The fourth-order valence-corrected chi connectivity index (χ4v) is 2.80. The van der Waals surface area contributed by atoms with Crippen LogP contribution in [0.2, 0.25) is 0 Å². The molecule has 8 heteroatoms. The Morgan fingerprint density at radius 2 is 2.17 bits per heavy atom. The molecule has 154 valence electrons. The highest BCUT2D eigenvalue weighted by Gasteiger charge is 2.21. The second-order valence-corrected chi connectivity index (χ2v) is 6.49. The number of carbonyl (C=O) groups excluding carboxylic acids is 2. The Labute approximate surface area is 169 Å². The predicted molar refractivity (Wildman–Crippen MR) is 105 cm³/mol. The van der Waals surface area contributed by atoms with Crippen LogP contribution in [0.5, 0.6) is 0 Å². The Bertz CT molecular complexity index is 919. The molecular formula is C21H25N3O5. The van der Waals surface area contributed by atoms with Gasteiger partial charge in [0.15, 0.2) is 6.10 Å². The summed E-state index contributed by atoms with van der Waals surface area (Å²) in [6.07, 6.45) is 1.92. The van der Waals surface area contributed by atoms with E-state index in [1.54, 1.807) is 19.2 Å².